The number of rotatable bonds is 4. The largest absolute Gasteiger partial charge is 0.444 e. The van der Waals surface area contributed by atoms with Gasteiger partial charge < -0.3 is 10.1 Å². The number of hydrogen-bond acceptors (Lipinski definition) is 4. The fraction of sp³-hybridized carbons (Fsp3) is 0.786. The minimum Gasteiger partial charge on any atom is -0.444 e. The van der Waals surface area contributed by atoms with Crippen LogP contribution in [0.2, 0.25) is 0 Å². The first-order valence-electron chi connectivity index (χ1n) is 7.28. The van der Waals surface area contributed by atoms with Gasteiger partial charge in [0.2, 0.25) is 10.0 Å². The van der Waals surface area contributed by atoms with Gasteiger partial charge in [0.1, 0.15) is 5.60 Å². The van der Waals surface area contributed by atoms with Crippen molar-refractivity contribution in [2.24, 2.45) is 0 Å². The number of carbonyl (C=O) groups excluding carboxylic acids is 1. The van der Waals surface area contributed by atoms with Crippen LogP contribution in [0.5, 0.6) is 0 Å². The predicted octanol–water partition coefficient (Wildman–Crippen LogP) is 2.23. The molecule has 1 aliphatic rings. The average molecular weight is 318 g/mol. The smallest absolute Gasteiger partial charge is 0.408 e. The molecule has 6 nitrogen and oxygen atoms in total. The number of nitrogens with zero attached hydrogens (tertiary/aromatic N) is 1. The lowest BCUT2D eigenvalue weighted by molar-refractivity contribution is 0.0518. The molecule has 21 heavy (non-hydrogen) atoms. The molecule has 1 aliphatic heterocycles. The fourth-order valence-corrected chi connectivity index (χ4v) is 3.34. The van der Waals surface area contributed by atoms with Crippen molar-refractivity contribution in [2.75, 3.05) is 13.1 Å². The maximum absolute atomic E-state index is 12.1. The van der Waals surface area contributed by atoms with E-state index in [1.165, 1.54) is 15.8 Å². The normalized spacial score (nSPS) is 19.4. The second kappa shape index (κ2) is 7.26. The molecule has 0 aliphatic carbocycles. The van der Waals surface area contributed by atoms with Crippen molar-refractivity contribution in [2.45, 2.75) is 58.6 Å². The van der Waals surface area contributed by atoms with Crippen LogP contribution < -0.4 is 5.32 Å². The molecule has 1 saturated heterocycles. The van der Waals surface area contributed by atoms with Crippen molar-refractivity contribution in [3.8, 4) is 0 Å². The molecule has 0 aromatic rings. The second-order valence-corrected chi connectivity index (χ2v) is 8.09. The van der Waals surface area contributed by atoms with E-state index in [1.54, 1.807) is 27.7 Å². The zero-order chi connectivity index (χ0) is 16.1. The molecule has 0 saturated carbocycles. The molecular weight excluding hydrogens is 292 g/mol. The number of hydrogen-bond donors (Lipinski definition) is 1. The summed E-state index contributed by atoms with van der Waals surface area (Å²) in [6, 6.07) is -0.417. The minimum atomic E-state index is -3.39. The van der Waals surface area contributed by atoms with Gasteiger partial charge >= 0.3 is 6.09 Å². The highest BCUT2D eigenvalue weighted by atomic mass is 32.2. The van der Waals surface area contributed by atoms with Crippen LogP contribution in [-0.2, 0) is 14.8 Å². The molecule has 122 valence electrons. The Morgan fingerprint density at radius 3 is 2.33 bits per heavy atom. The van der Waals surface area contributed by atoms with E-state index in [4.69, 9.17) is 4.74 Å². The van der Waals surface area contributed by atoms with E-state index in [9.17, 15) is 13.2 Å². The third-order valence-electron chi connectivity index (χ3n) is 2.96. The summed E-state index contributed by atoms with van der Waals surface area (Å²) in [5.41, 5.74) is -0.576. The van der Waals surface area contributed by atoms with Crippen molar-refractivity contribution in [1.82, 2.24) is 9.62 Å². The molecule has 1 amide bonds. The zero-order valence-corrected chi connectivity index (χ0v) is 14.1. The minimum absolute atomic E-state index is 0.417. The molecule has 1 rings (SSSR count). The summed E-state index contributed by atoms with van der Waals surface area (Å²) >= 11 is 0. The van der Waals surface area contributed by atoms with E-state index in [0.717, 1.165) is 19.3 Å². The van der Waals surface area contributed by atoms with E-state index in [2.05, 4.69) is 5.32 Å². The lowest BCUT2D eigenvalue weighted by atomic mass is 10.2. The molecule has 7 heteroatoms. The van der Waals surface area contributed by atoms with Crippen LogP contribution in [0.4, 0.5) is 4.79 Å². The third kappa shape index (κ3) is 6.95. The van der Waals surface area contributed by atoms with Gasteiger partial charge in [0.05, 0.1) is 0 Å². The first-order chi connectivity index (χ1) is 9.60. The van der Waals surface area contributed by atoms with Gasteiger partial charge in [-0.1, -0.05) is 6.42 Å². The Morgan fingerprint density at radius 2 is 1.81 bits per heavy atom. The van der Waals surface area contributed by atoms with Crippen molar-refractivity contribution in [3.63, 3.8) is 0 Å². The summed E-state index contributed by atoms with van der Waals surface area (Å²) in [7, 11) is -3.39. The molecule has 1 N–H and O–H groups in total. The van der Waals surface area contributed by atoms with Crippen LogP contribution >= 0.6 is 0 Å². The summed E-state index contributed by atoms with van der Waals surface area (Å²) in [6.45, 7) is 8.16. The van der Waals surface area contributed by atoms with E-state index < -0.39 is 27.8 Å². The lowest BCUT2D eigenvalue weighted by Crippen LogP contribution is -2.37. The lowest BCUT2D eigenvalue weighted by Gasteiger charge is -2.24. The van der Waals surface area contributed by atoms with E-state index >= 15 is 0 Å². The quantitative estimate of drug-likeness (QED) is 0.862. The maximum atomic E-state index is 12.1. The van der Waals surface area contributed by atoms with E-state index in [0.29, 0.717) is 13.1 Å². The van der Waals surface area contributed by atoms with Crippen molar-refractivity contribution >= 4 is 16.1 Å². The highest BCUT2D eigenvalue weighted by Crippen LogP contribution is 2.14. The summed E-state index contributed by atoms with van der Waals surface area (Å²) in [4.78, 5) is 11.6. The van der Waals surface area contributed by atoms with Crippen LogP contribution in [0.15, 0.2) is 11.5 Å². The molecular formula is C14H26N2O4S. The number of amides is 1. The number of piperidine rings is 1. The number of ether oxygens (including phenoxy) is 1. The first-order valence-corrected chi connectivity index (χ1v) is 8.78. The summed E-state index contributed by atoms with van der Waals surface area (Å²) < 4.78 is 30.8. The van der Waals surface area contributed by atoms with Gasteiger partial charge in [0.25, 0.3) is 0 Å². The number of alkyl carbamates (subject to hydrolysis) is 1. The number of nitrogens with one attached hydrogen (secondary N) is 1. The maximum Gasteiger partial charge on any atom is 0.408 e. The molecule has 0 unspecified atom stereocenters. The van der Waals surface area contributed by atoms with E-state index in [1.807, 2.05) is 0 Å². The Labute approximate surface area is 127 Å². The topological polar surface area (TPSA) is 75.7 Å². The molecule has 0 bridgehead atoms. The summed E-state index contributed by atoms with van der Waals surface area (Å²) in [5.74, 6) is 0. The number of carbonyl (C=O) groups is 1. The van der Waals surface area contributed by atoms with Crippen molar-refractivity contribution in [3.05, 3.63) is 11.5 Å². The molecule has 0 radical (unpaired) electrons. The van der Waals surface area contributed by atoms with E-state index in [-0.39, 0.29) is 0 Å². The van der Waals surface area contributed by atoms with Crippen LogP contribution in [0.3, 0.4) is 0 Å². The Hall–Kier alpha value is -1.08. The van der Waals surface area contributed by atoms with Crippen molar-refractivity contribution in [1.29, 1.82) is 0 Å². The Morgan fingerprint density at radius 1 is 1.24 bits per heavy atom. The molecule has 0 aromatic heterocycles. The van der Waals surface area contributed by atoms with Gasteiger partial charge in [-0.15, -0.1) is 0 Å². The zero-order valence-electron chi connectivity index (χ0n) is 13.3. The van der Waals surface area contributed by atoms with Gasteiger partial charge in [-0.25, -0.2) is 13.2 Å². The predicted molar refractivity (Wildman–Crippen MR) is 82.3 cm³/mol. The monoisotopic (exact) mass is 318 g/mol. The van der Waals surface area contributed by atoms with Gasteiger partial charge in [-0.3, -0.25) is 0 Å². The van der Waals surface area contributed by atoms with Gasteiger partial charge in [0.15, 0.2) is 0 Å². The molecule has 0 aromatic carbocycles. The molecule has 0 spiro atoms. The highest BCUT2D eigenvalue weighted by Gasteiger charge is 2.22. The van der Waals surface area contributed by atoms with Crippen LogP contribution in [0.25, 0.3) is 0 Å². The average Bonchev–Trinajstić information content (AvgIpc) is 2.35. The van der Waals surface area contributed by atoms with Crippen LogP contribution in [0, 0.1) is 0 Å². The summed E-state index contributed by atoms with van der Waals surface area (Å²) in [5, 5.41) is 3.75. The Kier molecular flexibility index (Phi) is 6.22. The van der Waals surface area contributed by atoms with Gasteiger partial charge in [-0.2, -0.15) is 4.31 Å². The molecule has 1 heterocycles. The van der Waals surface area contributed by atoms with Gasteiger partial charge in [-0.05, 0) is 46.6 Å². The standard InChI is InChI=1S/C14H26N2O4S/c1-12(15-13(17)20-14(2,3)4)8-11-21(18,19)16-9-6-5-7-10-16/h8,11-12H,5-7,9-10H2,1-4H3,(H,15,17)/b11-8+/t12-/m0/s1. The molecule has 1 atom stereocenters. The second-order valence-electron chi connectivity index (χ2n) is 6.27. The summed E-state index contributed by atoms with van der Waals surface area (Å²) in [6.07, 6.45) is 3.78. The number of sulfonamides is 1. The first kappa shape index (κ1) is 18.0. The Bertz CT molecular complexity index is 474. The molecule has 1 fully saturated rings. The van der Waals surface area contributed by atoms with Crippen molar-refractivity contribution < 1.29 is 17.9 Å². The van der Waals surface area contributed by atoms with Crippen LogP contribution in [-0.4, -0.2) is 43.5 Å². The third-order valence-corrected chi connectivity index (χ3v) is 4.54. The fourth-order valence-electron chi connectivity index (χ4n) is 1.96. The highest BCUT2D eigenvalue weighted by molar-refractivity contribution is 7.92. The SMILES string of the molecule is C[C@@H](/C=C/S(=O)(=O)N1CCCCC1)NC(=O)OC(C)(C)C. The van der Waals surface area contributed by atoms with Crippen LogP contribution in [0.1, 0.15) is 47.0 Å². The Balaban J connectivity index is 2.52. The van der Waals surface area contributed by atoms with Gasteiger partial charge in [0, 0.05) is 24.5 Å².